The highest BCUT2D eigenvalue weighted by atomic mass is 16.5. The Morgan fingerprint density at radius 3 is 2.39 bits per heavy atom. The van der Waals surface area contributed by atoms with E-state index in [1.54, 1.807) is 30.3 Å². The summed E-state index contributed by atoms with van der Waals surface area (Å²) < 4.78 is 5.41. The number of hydrogen-bond donors (Lipinski definition) is 1. The van der Waals surface area contributed by atoms with Gasteiger partial charge in [-0.3, -0.25) is 4.79 Å². The molecule has 2 aromatic rings. The fourth-order valence-electron chi connectivity index (χ4n) is 2.26. The molecule has 0 fully saturated rings. The van der Waals surface area contributed by atoms with Crippen molar-refractivity contribution in [3.8, 4) is 5.75 Å². The van der Waals surface area contributed by atoms with Gasteiger partial charge in [-0.25, -0.2) is 0 Å². The van der Waals surface area contributed by atoms with Crippen molar-refractivity contribution in [3.05, 3.63) is 77.9 Å². The first-order valence-corrected chi connectivity index (χ1v) is 7.87. The van der Waals surface area contributed by atoms with Gasteiger partial charge in [-0.2, -0.15) is 0 Å². The van der Waals surface area contributed by atoms with Crippen molar-refractivity contribution < 1.29 is 9.53 Å². The van der Waals surface area contributed by atoms with Crippen molar-refractivity contribution in [2.24, 2.45) is 0 Å². The highest BCUT2D eigenvalue weighted by molar-refractivity contribution is 5.94. The zero-order chi connectivity index (χ0) is 16.7. The Hall–Kier alpha value is -2.55. The summed E-state index contributed by atoms with van der Waals surface area (Å²) in [6.45, 7) is 8.17. The topological polar surface area (TPSA) is 38.3 Å². The van der Waals surface area contributed by atoms with Gasteiger partial charge in [0.1, 0.15) is 12.4 Å². The average molecular weight is 309 g/mol. The summed E-state index contributed by atoms with van der Waals surface area (Å²) in [7, 11) is 0. The van der Waals surface area contributed by atoms with Crippen LogP contribution in [0.25, 0.3) is 0 Å². The lowest BCUT2D eigenvalue weighted by molar-refractivity contribution is 0.0940. The minimum atomic E-state index is -0.0904. The number of nitrogens with one attached hydrogen (secondary N) is 1. The lowest BCUT2D eigenvalue weighted by atomic mass is 10.0. The minimum absolute atomic E-state index is 0.0369. The molecule has 0 bridgehead atoms. The number of hydrogen-bond acceptors (Lipinski definition) is 2. The zero-order valence-electron chi connectivity index (χ0n) is 13.7. The number of benzene rings is 2. The first-order chi connectivity index (χ1) is 11.1. The van der Waals surface area contributed by atoms with Crippen molar-refractivity contribution >= 4 is 5.91 Å². The van der Waals surface area contributed by atoms with Crippen LogP contribution in [-0.4, -0.2) is 12.5 Å². The highest BCUT2D eigenvalue weighted by Gasteiger charge is 2.11. The standard InChI is InChI=1S/C20H23NO2/c1-4-14-23-19-12-10-18(11-13-19)20(22)21-15(3)17-8-6-16(5-2)7-9-17/h4,6-13,15H,1,5,14H2,2-3H3,(H,21,22). The maximum atomic E-state index is 12.3. The Balaban J connectivity index is 1.98. The van der Waals surface area contributed by atoms with Gasteiger partial charge in [-0.1, -0.05) is 43.8 Å². The number of amides is 1. The Kier molecular flexibility index (Phi) is 5.98. The van der Waals surface area contributed by atoms with Gasteiger partial charge in [0.15, 0.2) is 0 Å². The molecule has 0 aromatic heterocycles. The molecule has 1 unspecified atom stereocenters. The molecule has 0 radical (unpaired) electrons. The van der Waals surface area contributed by atoms with Gasteiger partial charge >= 0.3 is 0 Å². The van der Waals surface area contributed by atoms with E-state index in [4.69, 9.17) is 4.74 Å². The summed E-state index contributed by atoms with van der Waals surface area (Å²) in [5, 5.41) is 3.02. The fraction of sp³-hybridized carbons (Fsp3) is 0.250. The summed E-state index contributed by atoms with van der Waals surface area (Å²) in [6.07, 6.45) is 2.70. The largest absolute Gasteiger partial charge is 0.490 e. The van der Waals surface area contributed by atoms with Gasteiger partial charge in [0.25, 0.3) is 5.91 Å². The molecule has 0 aliphatic rings. The number of carbonyl (C=O) groups is 1. The number of rotatable bonds is 7. The monoisotopic (exact) mass is 309 g/mol. The van der Waals surface area contributed by atoms with Crippen molar-refractivity contribution in [3.63, 3.8) is 0 Å². The van der Waals surface area contributed by atoms with Crippen LogP contribution in [0.5, 0.6) is 5.75 Å². The van der Waals surface area contributed by atoms with Crippen LogP contribution in [0, 0.1) is 0 Å². The fourth-order valence-corrected chi connectivity index (χ4v) is 2.26. The van der Waals surface area contributed by atoms with E-state index in [0.29, 0.717) is 12.2 Å². The van der Waals surface area contributed by atoms with Gasteiger partial charge < -0.3 is 10.1 Å². The Morgan fingerprint density at radius 2 is 1.83 bits per heavy atom. The van der Waals surface area contributed by atoms with E-state index in [9.17, 15) is 4.79 Å². The molecule has 120 valence electrons. The third-order valence-electron chi connectivity index (χ3n) is 3.72. The van der Waals surface area contributed by atoms with Crippen LogP contribution < -0.4 is 10.1 Å². The zero-order valence-corrected chi connectivity index (χ0v) is 13.7. The van der Waals surface area contributed by atoms with E-state index in [1.165, 1.54) is 5.56 Å². The molecule has 3 heteroatoms. The van der Waals surface area contributed by atoms with Gasteiger partial charge in [-0.05, 0) is 48.7 Å². The van der Waals surface area contributed by atoms with Crippen molar-refractivity contribution in [2.75, 3.05) is 6.61 Å². The predicted molar refractivity (Wildman–Crippen MR) is 93.8 cm³/mol. The molecular formula is C20H23NO2. The second kappa shape index (κ2) is 8.18. The minimum Gasteiger partial charge on any atom is -0.490 e. The summed E-state index contributed by atoms with van der Waals surface area (Å²) in [5.41, 5.74) is 3.01. The number of aryl methyl sites for hydroxylation is 1. The summed E-state index contributed by atoms with van der Waals surface area (Å²) in [6, 6.07) is 15.4. The molecular weight excluding hydrogens is 286 g/mol. The van der Waals surface area contributed by atoms with Crippen LogP contribution in [-0.2, 0) is 6.42 Å². The Labute approximate surface area is 138 Å². The van der Waals surface area contributed by atoms with Gasteiger partial charge in [0, 0.05) is 5.56 Å². The van der Waals surface area contributed by atoms with E-state index in [0.717, 1.165) is 17.7 Å². The molecule has 2 rings (SSSR count). The first-order valence-electron chi connectivity index (χ1n) is 7.87. The molecule has 0 aliphatic heterocycles. The molecule has 2 aromatic carbocycles. The van der Waals surface area contributed by atoms with Gasteiger partial charge in [-0.15, -0.1) is 0 Å². The van der Waals surface area contributed by atoms with Gasteiger partial charge in [0.05, 0.1) is 6.04 Å². The van der Waals surface area contributed by atoms with Crippen LogP contribution in [0.3, 0.4) is 0 Å². The second-order valence-corrected chi connectivity index (χ2v) is 5.41. The molecule has 0 spiro atoms. The van der Waals surface area contributed by atoms with E-state index >= 15 is 0 Å². The average Bonchev–Trinajstić information content (AvgIpc) is 2.60. The maximum absolute atomic E-state index is 12.3. The molecule has 23 heavy (non-hydrogen) atoms. The third kappa shape index (κ3) is 4.71. The SMILES string of the molecule is C=CCOc1ccc(C(=O)NC(C)c2ccc(CC)cc2)cc1. The molecule has 0 saturated carbocycles. The smallest absolute Gasteiger partial charge is 0.251 e. The summed E-state index contributed by atoms with van der Waals surface area (Å²) in [5.74, 6) is 0.636. The summed E-state index contributed by atoms with van der Waals surface area (Å²) in [4.78, 5) is 12.3. The first kappa shape index (κ1) is 16.8. The summed E-state index contributed by atoms with van der Waals surface area (Å²) >= 11 is 0. The van der Waals surface area contributed by atoms with Crippen LogP contribution in [0.15, 0.2) is 61.2 Å². The van der Waals surface area contributed by atoms with Crippen molar-refractivity contribution in [1.29, 1.82) is 0 Å². The molecule has 1 amide bonds. The Morgan fingerprint density at radius 1 is 1.17 bits per heavy atom. The quantitative estimate of drug-likeness (QED) is 0.774. The van der Waals surface area contributed by atoms with E-state index in [2.05, 4.69) is 43.1 Å². The van der Waals surface area contributed by atoms with Gasteiger partial charge in [0.2, 0.25) is 0 Å². The van der Waals surface area contributed by atoms with Crippen LogP contribution in [0.1, 0.15) is 41.4 Å². The highest BCUT2D eigenvalue weighted by Crippen LogP contribution is 2.16. The third-order valence-corrected chi connectivity index (χ3v) is 3.72. The molecule has 1 atom stereocenters. The Bertz CT molecular complexity index is 644. The maximum Gasteiger partial charge on any atom is 0.251 e. The van der Waals surface area contributed by atoms with E-state index in [-0.39, 0.29) is 11.9 Å². The van der Waals surface area contributed by atoms with E-state index < -0.39 is 0 Å². The molecule has 1 N–H and O–H groups in total. The predicted octanol–water partition coefficient (Wildman–Crippen LogP) is 4.30. The lowest BCUT2D eigenvalue weighted by Gasteiger charge is -2.15. The van der Waals surface area contributed by atoms with Crippen molar-refractivity contribution in [2.45, 2.75) is 26.3 Å². The van der Waals surface area contributed by atoms with Crippen LogP contribution in [0.4, 0.5) is 0 Å². The normalized spacial score (nSPS) is 11.6. The van der Waals surface area contributed by atoms with Crippen LogP contribution in [0.2, 0.25) is 0 Å². The molecule has 0 saturated heterocycles. The molecule has 0 aliphatic carbocycles. The number of ether oxygens (including phenoxy) is 1. The molecule has 0 heterocycles. The van der Waals surface area contributed by atoms with Crippen molar-refractivity contribution in [1.82, 2.24) is 5.32 Å². The van der Waals surface area contributed by atoms with E-state index in [1.807, 2.05) is 6.92 Å². The number of carbonyl (C=O) groups excluding carboxylic acids is 1. The van der Waals surface area contributed by atoms with Crippen LogP contribution >= 0.6 is 0 Å². The second-order valence-electron chi connectivity index (χ2n) is 5.41. The lowest BCUT2D eigenvalue weighted by Crippen LogP contribution is -2.26. The molecule has 3 nitrogen and oxygen atoms in total.